The molecule has 0 fully saturated rings. The average Bonchev–Trinajstić information content (AvgIpc) is 3.49. The molecule has 0 amide bonds. The van der Waals surface area contributed by atoms with E-state index >= 15 is 0 Å². The summed E-state index contributed by atoms with van der Waals surface area (Å²) in [5, 5.41) is 14.9. The summed E-state index contributed by atoms with van der Waals surface area (Å²) in [6.45, 7) is 4.57. The minimum Gasteiger partial charge on any atom is -0.392 e. The van der Waals surface area contributed by atoms with E-state index in [1.165, 1.54) is 16.7 Å². The third-order valence-electron chi connectivity index (χ3n) is 6.44. The maximum Gasteiger partial charge on any atom is 0.152 e. The number of unbranched alkanes of at least 4 members (excludes halogenated alkanes) is 1. The molecule has 0 aliphatic heterocycles. The highest BCUT2D eigenvalue weighted by Crippen LogP contribution is 2.33. The van der Waals surface area contributed by atoms with Crippen molar-refractivity contribution in [3.63, 3.8) is 0 Å². The number of hydrogen-bond donors (Lipinski definition) is 3. The largest absolute Gasteiger partial charge is 0.392 e. The van der Waals surface area contributed by atoms with Crippen LogP contribution in [0.1, 0.15) is 47.8 Å². The van der Waals surface area contributed by atoms with E-state index in [9.17, 15) is 5.11 Å². The van der Waals surface area contributed by atoms with E-state index in [0.29, 0.717) is 5.82 Å². The van der Waals surface area contributed by atoms with Crippen molar-refractivity contribution in [2.45, 2.75) is 52.4 Å². The number of imidazole rings is 1. The van der Waals surface area contributed by atoms with Gasteiger partial charge in [0.05, 0.1) is 22.3 Å². The molecule has 6 nitrogen and oxygen atoms in total. The maximum atomic E-state index is 9.25. The van der Waals surface area contributed by atoms with Crippen LogP contribution in [0.25, 0.3) is 21.3 Å². The molecule has 0 aliphatic rings. The Morgan fingerprint density at radius 3 is 2.51 bits per heavy atom. The summed E-state index contributed by atoms with van der Waals surface area (Å²) in [7, 11) is 0. The van der Waals surface area contributed by atoms with Gasteiger partial charge in [0.15, 0.2) is 5.82 Å². The van der Waals surface area contributed by atoms with Crippen LogP contribution in [0, 0.1) is 0 Å². The van der Waals surface area contributed by atoms with Crippen LogP contribution in [0.15, 0.2) is 60.0 Å². The Bertz CT molecular complexity index is 1440. The van der Waals surface area contributed by atoms with Gasteiger partial charge in [-0.05, 0) is 40.1 Å². The Balaban J connectivity index is 1.44. The van der Waals surface area contributed by atoms with Crippen molar-refractivity contribution >= 4 is 38.4 Å². The van der Waals surface area contributed by atoms with Crippen molar-refractivity contribution < 1.29 is 5.11 Å². The number of aliphatic hydroxyl groups is 1. The number of aliphatic hydroxyl groups excluding tert-OH is 1. The minimum absolute atomic E-state index is 0.0732. The topological polar surface area (TPSA) is 89.0 Å². The third-order valence-corrected chi connectivity index (χ3v) is 7.35. The maximum absolute atomic E-state index is 9.25. The normalized spacial score (nSPS) is 11.6. The van der Waals surface area contributed by atoms with Crippen LogP contribution in [0.2, 0.25) is 0 Å². The van der Waals surface area contributed by atoms with Crippen molar-refractivity contribution in [2.24, 2.45) is 0 Å². The lowest BCUT2D eigenvalue weighted by atomic mass is 10.1. The summed E-state index contributed by atoms with van der Waals surface area (Å²) < 4.78 is 3.50. The zero-order valence-electron chi connectivity index (χ0n) is 20.0. The van der Waals surface area contributed by atoms with Gasteiger partial charge in [-0.2, -0.15) is 0 Å². The molecule has 35 heavy (non-hydrogen) atoms. The highest BCUT2D eigenvalue weighted by molar-refractivity contribution is 7.18. The Morgan fingerprint density at radius 1 is 0.971 bits per heavy atom. The summed E-state index contributed by atoms with van der Waals surface area (Å²) in [6.07, 6.45) is 3.12. The van der Waals surface area contributed by atoms with Gasteiger partial charge >= 0.3 is 0 Å². The van der Waals surface area contributed by atoms with Crippen LogP contribution < -0.4 is 11.1 Å². The summed E-state index contributed by atoms with van der Waals surface area (Å²) in [4.78, 5) is 9.56. The van der Waals surface area contributed by atoms with Gasteiger partial charge in [0.1, 0.15) is 11.3 Å². The molecule has 0 saturated heterocycles. The Labute approximate surface area is 209 Å². The minimum atomic E-state index is 0.0732. The lowest BCUT2D eigenvalue weighted by Crippen LogP contribution is -2.15. The van der Waals surface area contributed by atoms with Gasteiger partial charge in [0.25, 0.3) is 0 Å². The average molecular weight is 486 g/mol. The van der Waals surface area contributed by atoms with Crippen LogP contribution in [0.3, 0.4) is 0 Å². The molecular weight excluding hydrogens is 454 g/mol. The monoisotopic (exact) mass is 485 g/mol. The number of aromatic nitrogens is 3. The SMILES string of the molecule is CCCCc1nc2c(N)nc3ccsc3c2n1Cc1ccccc1CNCc1ccc(CO)cc1. The zero-order chi connectivity index (χ0) is 24.2. The fourth-order valence-corrected chi connectivity index (χ4v) is 5.40. The highest BCUT2D eigenvalue weighted by atomic mass is 32.1. The van der Waals surface area contributed by atoms with Gasteiger partial charge in [0.2, 0.25) is 0 Å². The van der Waals surface area contributed by atoms with E-state index in [1.807, 2.05) is 18.2 Å². The Hall–Kier alpha value is -3.26. The standard InChI is InChI=1S/C28H31N5OS/c1-2-3-8-24-32-25-26(27-23(13-14-35-27)31-28(25)29)33(24)17-22-7-5-4-6-21(22)16-30-15-19-9-11-20(18-34)12-10-19/h4-7,9-14,30,34H,2-3,8,15-18H2,1H3,(H2,29,31). The zero-order valence-corrected chi connectivity index (χ0v) is 20.8. The number of rotatable bonds is 10. The van der Waals surface area contributed by atoms with E-state index in [2.05, 4.69) is 63.6 Å². The number of pyridine rings is 1. The second-order valence-corrected chi connectivity index (χ2v) is 9.81. The molecule has 0 unspecified atom stereocenters. The number of benzene rings is 2. The second-order valence-electron chi connectivity index (χ2n) is 8.89. The molecule has 0 saturated carbocycles. The van der Waals surface area contributed by atoms with Crippen molar-refractivity contribution in [3.8, 4) is 0 Å². The molecule has 2 aromatic carbocycles. The number of thiophene rings is 1. The molecule has 0 spiro atoms. The summed E-state index contributed by atoms with van der Waals surface area (Å²) in [6, 6.07) is 18.7. The number of nitrogen functional groups attached to an aromatic ring is 1. The first-order valence-corrected chi connectivity index (χ1v) is 13.0. The molecule has 0 aliphatic carbocycles. The number of nitrogens with zero attached hydrogens (tertiary/aromatic N) is 3. The van der Waals surface area contributed by atoms with Gasteiger partial charge in [-0.3, -0.25) is 0 Å². The van der Waals surface area contributed by atoms with Crippen molar-refractivity contribution in [1.82, 2.24) is 19.9 Å². The first-order valence-electron chi connectivity index (χ1n) is 12.2. The highest BCUT2D eigenvalue weighted by Gasteiger charge is 2.19. The smallest absolute Gasteiger partial charge is 0.152 e. The van der Waals surface area contributed by atoms with Crippen molar-refractivity contribution in [2.75, 3.05) is 5.73 Å². The van der Waals surface area contributed by atoms with Crippen LogP contribution in [0.5, 0.6) is 0 Å². The molecule has 3 aromatic heterocycles. The van der Waals surface area contributed by atoms with Crippen molar-refractivity contribution in [1.29, 1.82) is 0 Å². The van der Waals surface area contributed by atoms with Gasteiger partial charge < -0.3 is 20.7 Å². The Morgan fingerprint density at radius 2 is 1.74 bits per heavy atom. The lowest BCUT2D eigenvalue weighted by molar-refractivity contribution is 0.282. The predicted molar refractivity (Wildman–Crippen MR) is 144 cm³/mol. The number of nitrogens with two attached hydrogens (primary N) is 1. The molecule has 5 aromatic rings. The first-order chi connectivity index (χ1) is 17.2. The Kier molecular flexibility index (Phi) is 7.08. The molecule has 5 rings (SSSR count). The molecule has 7 heteroatoms. The van der Waals surface area contributed by atoms with Gasteiger partial charge in [-0.25, -0.2) is 9.97 Å². The number of hydrogen-bond acceptors (Lipinski definition) is 6. The number of anilines is 1. The molecule has 4 N–H and O–H groups in total. The first kappa shape index (κ1) is 23.5. The van der Waals surface area contributed by atoms with Crippen LogP contribution in [-0.4, -0.2) is 19.6 Å². The van der Waals surface area contributed by atoms with Crippen molar-refractivity contribution in [3.05, 3.63) is 88.1 Å². The van der Waals surface area contributed by atoms with Crippen LogP contribution in [0.4, 0.5) is 5.82 Å². The fourth-order valence-electron chi connectivity index (χ4n) is 4.51. The third kappa shape index (κ3) is 4.93. The number of aryl methyl sites for hydroxylation is 1. The fraction of sp³-hybridized carbons (Fsp3) is 0.286. The lowest BCUT2D eigenvalue weighted by Gasteiger charge is -2.14. The summed E-state index contributed by atoms with van der Waals surface area (Å²) in [5.74, 6) is 1.58. The quantitative estimate of drug-likeness (QED) is 0.246. The predicted octanol–water partition coefficient (Wildman–Crippen LogP) is 5.40. The molecule has 0 bridgehead atoms. The van der Waals surface area contributed by atoms with Crippen LogP contribution >= 0.6 is 11.3 Å². The molecule has 0 radical (unpaired) electrons. The van der Waals surface area contributed by atoms with E-state index in [-0.39, 0.29) is 6.61 Å². The number of nitrogens with one attached hydrogen (secondary N) is 1. The molecule has 180 valence electrons. The summed E-state index contributed by atoms with van der Waals surface area (Å²) >= 11 is 1.70. The second kappa shape index (κ2) is 10.6. The van der Waals surface area contributed by atoms with E-state index in [1.54, 1.807) is 11.3 Å². The van der Waals surface area contributed by atoms with E-state index in [0.717, 1.165) is 71.5 Å². The molecular formula is C28H31N5OS. The van der Waals surface area contributed by atoms with Crippen LogP contribution in [-0.2, 0) is 32.7 Å². The van der Waals surface area contributed by atoms with E-state index < -0.39 is 0 Å². The van der Waals surface area contributed by atoms with Gasteiger partial charge in [-0.1, -0.05) is 61.9 Å². The molecule has 3 heterocycles. The summed E-state index contributed by atoms with van der Waals surface area (Å²) in [5.41, 5.74) is 13.9. The molecule has 0 atom stereocenters. The number of fused-ring (bicyclic) bond motifs is 3. The van der Waals surface area contributed by atoms with Gasteiger partial charge in [-0.15, -0.1) is 11.3 Å². The van der Waals surface area contributed by atoms with Gasteiger partial charge in [0, 0.05) is 26.1 Å². The van der Waals surface area contributed by atoms with E-state index in [4.69, 9.17) is 10.7 Å².